The van der Waals surface area contributed by atoms with Gasteiger partial charge in [-0.05, 0) is 37.5 Å². The summed E-state index contributed by atoms with van der Waals surface area (Å²) in [6, 6.07) is 5.21. The molecular weight excluding hydrogens is 344 g/mol. The SMILES string of the molecule is CNC(=O)c1cnn2c([C@H]3CCCCN3C(=O)c3ccncc3)ccnc12. The van der Waals surface area contributed by atoms with E-state index in [4.69, 9.17) is 0 Å². The minimum absolute atomic E-state index is 0.0225. The molecule has 1 N–H and O–H groups in total. The van der Waals surface area contributed by atoms with E-state index in [1.54, 1.807) is 42.3 Å². The highest BCUT2D eigenvalue weighted by atomic mass is 16.2. The van der Waals surface area contributed by atoms with Crippen molar-refractivity contribution in [3.63, 3.8) is 0 Å². The molecule has 0 saturated carbocycles. The van der Waals surface area contributed by atoms with Crippen LogP contribution in [0.3, 0.4) is 0 Å². The van der Waals surface area contributed by atoms with Crippen molar-refractivity contribution in [2.24, 2.45) is 0 Å². The highest BCUT2D eigenvalue weighted by molar-refractivity contribution is 5.99. The van der Waals surface area contributed by atoms with E-state index in [1.165, 1.54) is 6.20 Å². The average molecular weight is 364 g/mol. The topological polar surface area (TPSA) is 92.5 Å². The van der Waals surface area contributed by atoms with Gasteiger partial charge in [-0.3, -0.25) is 14.6 Å². The first-order valence-electron chi connectivity index (χ1n) is 8.96. The molecule has 3 aromatic rings. The first-order chi connectivity index (χ1) is 13.2. The van der Waals surface area contributed by atoms with Crippen LogP contribution in [0.5, 0.6) is 0 Å². The molecule has 27 heavy (non-hydrogen) atoms. The van der Waals surface area contributed by atoms with Crippen LogP contribution in [0.2, 0.25) is 0 Å². The Morgan fingerprint density at radius 2 is 1.96 bits per heavy atom. The van der Waals surface area contributed by atoms with E-state index >= 15 is 0 Å². The van der Waals surface area contributed by atoms with E-state index in [9.17, 15) is 9.59 Å². The molecule has 3 aromatic heterocycles. The summed E-state index contributed by atoms with van der Waals surface area (Å²) in [5, 5.41) is 6.98. The minimum Gasteiger partial charge on any atom is -0.355 e. The third-order valence-corrected chi connectivity index (χ3v) is 4.93. The lowest BCUT2D eigenvalue weighted by atomic mass is 9.98. The highest BCUT2D eigenvalue weighted by Gasteiger charge is 2.31. The summed E-state index contributed by atoms with van der Waals surface area (Å²) in [7, 11) is 1.58. The van der Waals surface area contributed by atoms with Crippen molar-refractivity contribution in [1.29, 1.82) is 0 Å². The Morgan fingerprint density at radius 3 is 2.74 bits per heavy atom. The van der Waals surface area contributed by atoms with Gasteiger partial charge in [0.15, 0.2) is 5.65 Å². The van der Waals surface area contributed by atoms with Crippen LogP contribution in [0.4, 0.5) is 0 Å². The predicted octanol–water partition coefficient (Wildman–Crippen LogP) is 1.85. The first-order valence-corrected chi connectivity index (χ1v) is 8.96. The molecule has 4 heterocycles. The van der Waals surface area contributed by atoms with Crippen molar-refractivity contribution < 1.29 is 9.59 Å². The van der Waals surface area contributed by atoms with Gasteiger partial charge >= 0.3 is 0 Å². The summed E-state index contributed by atoms with van der Waals surface area (Å²) in [5.41, 5.74) is 2.39. The Hall–Kier alpha value is -3.29. The summed E-state index contributed by atoms with van der Waals surface area (Å²) >= 11 is 0. The fraction of sp³-hybridized carbons (Fsp3) is 0.316. The molecule has 0 radical (unpaired) electrons. The molecule has 8 heteroatoms. The van der Waals surface area contributed by atoms with Gasteiger partial charge in [0, 0.05) is 37.7 Å². The number of likely N-dealkylation sites (tertiary alicyclic amines) is 1. The summed E-state index contributed by atoms with van der Waals surface area (Å²) in [5.74, 6) is -0.256. The van der Waals surface area contributed by atoms with Crippen LogP contribution in [-0.4, -0.2) is 49.9 Å². The lowest BCUT2D eigenvalue weighted by Crippen LogP contribution is -2.39. The third kappa shape index (κ3) is 3.03. The van der Waals surface area contributed by atoms with Crippen molar-refractivity contribution in [1.82, 2.24) is 29.8 Å². The van der Waals surface area contributed by atoms with Crippen molar-refractivity contribution >= 4 is 17.5 Å². The maximum atomic E-state index is 13.1. The summed E-state index contributed by atoms with van der Waals surface area (Å²) in [4.78, 5) is 35.3. The van der Waals surface area contributed by atoms with Crippen LogP contribution in [-0.2, 0) is 0 Å². The van der Waals surface area contributed by atoms with Gasteiger partial charge in [0.25, 0.3) is 11.8 Å². The maximum absolute atomic E-state index is 13.1. The third-order valence-electron chi connectivity index (χ3n) is 4.93. The van der Waals surface area contributed by atoms with Crippen LogP contribution >= 0.6 is 0 Å². The molecular formula is C19H20N6O2. The van der Waals surface area contributed by atoms with Gasteiger partial charge in [0.1, 0.15) is 5.56 Å². The number of hydrogen-bond donors (Lipinski definition) is 1. The number of amides is 2. The maximum Gasteiger partial charge on any atom is 0.256 e. The number of pyridine rings is 1. The normalized spacial score (nSPS) is 17.1. The lowest BCUT2D eigenvalue weighted by molar-refractivity contribution is 0.0603. The average Bonchev–Trinajstić information content (AvgIpc) is 3.17. The number of nitrogens with zero attached hydrogens (tertiary/aromatic N) is 5. The standard InChI is InChI=1S/C19H20N6O2/c1-20-18(26)14-12-23-25-16(7-10-22-17(14)25)15-4-2-3-11-24(15)19(27)13-5-8-21-9-6-13/h5-10,12,15H,2-4,11H2,1H3,(H,20,26)/t15-/m1/s1. The second-order valence-corrected chi connectivity index (χ2v) is 6.49. The van der Waals surface area contributed by atoms with Crippen LogP contribution in [0.1, 0.15) is 51.7 Å². The molecule has 1 atom stereocenters. The van der Waals surface area contributed by atoms with Crippen molar-refractivity contribution in [3.05, 3.63) is 59.8 Å². The number of aromatic nitrogens is 4. The van der Waals surface area contributed by atoms with E-state index in [1.807, 2.05) is 11.0 Å². The van der Waals surface area contributed by atoms with Gasteiger partial charge in [-0.1, -0.05) is 0 Å². The van der Waals surface area contributed by atoms with E-state index in [-0.39, 0.29) is 17.9 Å². The van der Waals surface area contributed by atoms with Gasteiger partial charge in [0.2, 0.25) is 0 Å². The second kappa shape index (κ2) is 7.14. The second-order valence-electron chi connectivity index (χ2n) is 6.49. The summed E-state index contributed by atoms with van der Waals surface area (Å²) in [6.45, 7) is 0.680. The highest BCUT2D eigenvalue weighted by Crippen LogP contribution is 2.32. The van der Waals surface area contributed by atoms with Gasteiger partial charge < -0.3 is 10.2 Å². The van der Waals surface area contributed by atoms with Crippen molar-refractivity contribution in [2.75, 3.05) is 13.6 Å². The number of rotatable bonds is 3. The Bertz CT molecular complexity index is 984. The van der Waals surface area contributed by atoms with Gasteiger partial charge in [-0.25, -0.2) is 9.50 Å². The van der Waals surface area contributed by atoms with Crippen LogP contribution in [0.25, 0.3) is 5.65 Å². The van der Waals surface area contributed by atoms with Crippen LogP contribution < -0.4 is 5.32 Å². The van der Waals surface area contributed by atoms with E-state index in [0.717, 1.165) is 25.0 Å². The number of carbonyl (C=O) groups is 2. The zero-order valence-corrected chi connectivity index (χ0v) is 15.0. The number of nitrogens with one attached hydrogen (secondary N) is 1. The Morgan fingerprint density at radius 1 is 1.15 bits per heavy atom. The molecule has 1 aliphatic heterocycles. The molecule has 0 aliphatic carbocycles. The molecule has 1 saturated heterocycles. The van der Waals surface area contributed by atoms with Crippen LogP contribution in [0.15, 0.2) is 43.0 Å². The fourth-order valence-electron chi connectivity index (χ4n) is 3.60. The monoisotopic (exact) mass is 364 g/mol. The number of piperidine rings is 1. The molecule has 0 unspecified atom stereocenters. The molecule has 0 bridgehead atoms. The zero-order chi connectivity index (χ0) is 18.8. The number of hydrogen-bond acceptors (Lipinski definition) is 5. The summed E-state index contributed by atoms with van der Waals surface area (Å²) < 4.78 is 1.67. The predicted molar refractivity (Wildman–Crippen MR) is 98.2 cm³/mol. The molecule has 1 fully saturated rings. The zero-order valence-electron chi connectivity index (χ0n) is 15.0. The van der Waals surface area contributed by atoms with E-state index in [2.05, 4.69) is 20.4 Å². The fourth-order valence-corrected chi connectivity index (χ4v) is 3.60. The molecule has 4 rings (SSSR count). The molecule has 8 nitrogen and oxygen atoms in total. The van der Waals surface area contributed by atoms with E-state index in [0.29, 0.717) is 23.3 Å². The van der Waals surface area contributed by atoms with Crippen LogP contribution in [0, 0.1) is 0 Å². The Balaban J connectivity index is 1.75. The minimum atomic E-state index is -0.233. The molecule has 2 amide bonds. The first kappa shape index (κ1) is 17.1. The van der Waals surface area contributed by atoms with Crippen molar-refractivity contribution in [2.45, 2.75) is 25.3 Å². The summed E-state index contributed by atoms with van der Waals surface area (Å²) in [6.07, 6.45) is 9.26. The largest absolute Gasteiger partial charge is 0.355 e. The quantitative estimate of drug-likeness (QED) is 0.766. The van der Waals surface area contributed by atoms with Gasteiger partial charge in [-0.15, -0.1) is 0 Å². The van der Waals surface area contributed by atoms with Crippen molar-refractivity contribution in [3.8, 4) is 0 Å². The molecule has 1 aliphatic rings. The number of carbonyl (C=O) groups excluding carboxylic acids is 2. The smallest absolute Gasteiger partial charge is 0.256 e. The van der Waals surface area contributed by atoms with E-state index < -0.39 is 0 Å². The Kier molecular flexibility index (Phi) is 4.53. The lowest BCUT2D eigenvalue weighted by Gasteiger charge is -2.36. The Labute approximate surface area is 156 Å². The molecule has 0 aromatic carbocycles. The molecule has 138 valence electrons. The number of fused-ring (bicyclic) bond motifs is 1. The molecule has 0 spiro atoms. The van der Waals surface area contributed by atoms with Gasteiger partial charge in [0.05, 0.1) is 17.9 Å². The van der Waals surface area contributed by atoms with Gasteiger partial charge in [-0.2, -0.15) is 5.10 Å².